The average Bonchev–Trinajstić information content (AvgIpc) is 2.03. The molecule has 0 aliphatic carbocycles. The molecule has 0 aromatic carbocycles. The molecule has 2 nitrogen and oxygen atoms in total. The third kappa shape index (κ3) is 9.74. The molecule has 1 amide bonds. The zero-order valence-corrected chi connectivity index (χ0v) is 9.75. The Kier molecular flexibility index (Phi) is 8.30. The quantitative estimate of drug-likeness (QED) is 0.509. The number of amides is 1. The molecule has 13 heavy (non-hydrogen) atoms. The van der Waals surface area contributed by atoms with Crippen LogP contribution in [0.2, 0.25) is 0 Å². The predicted octanol–water partition coefficient (Wildman–Crippen LogP) is 2.99. The Bertz CT molecular complexity index is 137. The lowest BCUT2D eigenvalue weighted by molar-refractivity contribution is -0.119. The van der Waals surface area contributed by atoms with Gasteiger partial charge in [-0.15, -0.1) is 0 Å². The van der Waals surface area contributed by atoms with Crippen molar-refractivity contribution < 1.29 is 4.79 Å². The fraction of sp³-hybridized carbons (Fsp3) is 0.900. The fourth-order valence-electron chi connectivity index (χ4n) is 1.18. The van der Waals surface area contributed by atoms with E-state index in [1.807, 2.05) is 6.26 Å². The van der Waals surface area contributed by atoms with E-state index in [0.29, 0.717) is 6.42 Å². The number of rotatable bonds is 7. The van der Waals surface area contributed by atoms with Gasteiger partial charge in [0.1, 0.15) is 0 Å². The van der Waals surface area contributed by atoms with E-state index >= 15 is 0 Å². The smallest absolute Gasteiger partial charge is 0.229 e. The molecule has 0 bridgehead atoms. The first kappa shape index (κ1) is 12.8. The van der Waals surface area contributed by atoms with Crippen LogP contribution in [0, 0.1) is 5.92 Å². The Morgan fingerprint density at radius 2 is 2.00 bits per heavy atom. The molecule has 1 N–H and O–H groups in total. The van der Waals surface area contributed by atoms with Gasteiger partial charge in [-0.2, -0.15) is 0 Å². The highest BCUT2D eigenvalue weighted by Gasteiger charge is 1.99. The van der Waals surface area contributed by atoms with E-state index in [1.54, 1.807) is 0 Å². The summed E-state index contributed by atoms with van der Waals surface area (Å²) in [5.41, 5.74) is 0. The highest BCUT2D eigenvalue weighted by molar-refractivity contribution is 7.97. The second kappa shape index (κ2) is 8.42. The van der Waals surface area contributed by atoms with Gasteiger partial charge < -0.3 is 4.72 Å². The third-order valence-electron chi connectivity index (χ3n) is 1.90. The molecule has 0 aliphatic heterocycles. The van der Waals surface area contributed by atoms with Gasteiger partial charge in [0.05, 0.1) is 0 Å². The van der Waals surface area contributed by atoms with Gasteiger partial charge in [0.15, 0.2) is 0 Å². The van der Waals surface area contributed by atoms with Gasteiger partial charge in [0.2, 0.25) is 5.91 Å². The largest absolute Gasteiger partial charge is 0.300 e. The minimum atomic E-state index is 0.164. The Hall–Kier alpha value is -0.180. The van der Waals surface area contributed by atoms with E-state index in [-0.39, 0.29) is 5.91 Å². The molecule has 0 aliphatic rings. The normalized spacial score (nSPS) is 10.5. The average molecular weight is 203 g/mol. The molecular formula is C10H21NOS. The van der Waals surface area contributed by atoms with Gasteiger partial charge >= 0.3 is 0 Å². The first-order valence-electron chi connectivity index (χ1n) is 4.98. The molecule has 0 fully saturated rings. The van der Waals surface area contributed by atoms with Crippen LogP contribution in [0.1, 0.15) is 46.0 Å². The summed E-state index contributed by atoms with van der Waals surface area (Å²) in [4.78, 5) is 11.0. The molecule has 0 aromatic heterocycles. The number of carbonyl (C=O) groups is 1. The van der Waals surface area contributed by atoms with Gasteiger partial charge in [-0.1, -0.05) is 45.1 Å². The monoisotopic (exact) mass is 203 g/mol. The molecule has 0 atom stereocenters. The summed E-state index contributed by atoms with van der Waals surface area (Å²) >= 11 is 1.38. The molecule has 0 heterocycles. The van der Waals surface area contributed by atoms with Crippen LogP contribution in [0.25, 0.3) is 0 Å². The second-order valence-corrected chi connectivity index (χ2v) is 4.33. The zero-order chi connectivity index (χ0) is 10.1. The van der Waals surface area contributed by atoms with Gasteiger partial charge in [0.25, 0.3) is 0 Å². The van der Waals surface area contributed by atoms with Crippen molar-refractivity contribution in [2.24, 2.45) is 5.92 Å². The predicted molar refractivity (Wildman–Crippen MR) is 59.6 cm³/mol. The summed E-state index contributed by atoms with van der Waals surface area (Å²) in [5, 5.41) is 0. The molecule has 0 saturated heterocycles. The van der Waals surface area contributed by atoms with Crippen molar-refractivity contribution in [3.8, 4) is 0 Å². The molecule has 0 spiro atoms. The van der Waals surface area contributed by atoms with Crippen molar-refractivity contribution in [1.29, 1.82) is 0 Å². The Labute approximate surface area is 86.0 Å². The van der Waals surface area contributed by atoms with Crippen molar-refractivity contribution in [3.63, 3.8) is 0 Å². The van der Waals surface area contributed by atoms with Crippen molar-refractivity contribution in [2.75, 3.05) is 6.26 Å². The molecule has 78 valence electrons. The third-order valence-corrected chi connectivity index (χ3v) is 2.33. The van der Waals surface area contributed by atoms with Crippen molar-refractivity contribution >= 4 is 17.9 Å². The Morgan fingerprint density at radius 1 is 1.31 bits per heavy atom. The topological polar surface area (TPSA) is 29.1 Å². The minimum absolute atomic E-state index is 0.164. The standard InChI is InChI=1S/C10H21NOS/c1-9(2)7-5-4-6-8-10(12)11-13-3/h9H,4-8H2,1-3H3,(H,11,12). The molecule has 0 saturated carbocycles. The first-order chi connectivity index (χ1) is 6.16. The van der Waals surface area contributed by atoms with Crippen LogP contribution >= 0.6 is 11.9 Å². The number of unbranched alkanes of at least 4 members (excludes halogenated alkanes) is 2. The number of hydrogen-bond acceptors (Lipinski definition) is 2. The molecule has 0 unspecified atom stereocenters. The lowest BCUT2D eigenvalue weighted by atomic mass is 10.0. The molecule has 3 heteroatoms. The fourth-order valence-corrected chi connectivity index (χ4v) is 1.51. The molecule has 0 radical (unpaired) electrons. The number of hydrogen-bond donors (Lipinski definition) is 1. The van der Waals surface area contributed by atoms with Crippen LogP contribution < -0.4 is 4.72 Å². The van der Waals surface area contributed by atoms with E-state index in [2.05, 4.69) is 18.6 Å². The molecular weight excluding hydrogens is 182 g/mol. The van der Waals surface area contributed by atoms with E-state index < -0.39 is 0 Å². The van der Waals surface area contributed by atoms with Crippen LogP contribution in [0.3, 0.4) is 0 Å². The molecule has 0 rings (SSSR count). The van der Waals surface area contributed by atoms with Crippen molar-refractivity contribution in [3.05, 3.63) is 0 Å². The second-order valence-electron chi connectivity index (χ2n) is 3.72. The zero-order valence-electron chi connectivity index (χ0n) is 8.93. The van der Waals surface area contributed by atoms with E-state index in [1.165, 1.54) is 31.2 Å². The van der Waals surface area contributed by atoms with E-state index in [0.717, 1.165) is 12.3 Å². The summed E-state index contributed by atoms with van der Waals surface area (Å²) in [6, 6.07) is 0. The summed E-state index contributed by atoms with van der Waals surface area (Å²) in [5.74, 6) is 0.956. The van der Waals surface area contributed by atoms with E-state index in [4.69, 9.17) is 0 Å². The van der Waals surface area contributed by atoms with Crippen molar-refractivity contribution in [1.82, 2.24) is 4.72 Å². The SMILES string of the molecule is CSNC(=O)CCCCCC(C)C. The highest BCUT2D eigenvalue weighted by Crippen LogP contribution is 2.09. The van der Waals surface area contributed by atoms with Crippen LogP contribution in [-0.2, 0) is 4.79 Å². The van der Waals surface area contributed by atoms with Gasteiger partial charge in [-0.05, 0) is 12.3 Å². The number of carbonyl (C=O) groups excluding carboxylic acids is 1. The Balaban J connectivity index is 3.11. The van der Waals surface area contributed by atoms with Gasteiger partial charge in [-0.25, -0.2) is 0 Å². The van der Waals surface area contributed by atoms with Crippen LogP contribution in [0.5, 0.6) is 0 Å². The highest BCUT2D eigenvalue weighted by atomic mass is 32.2. The maximum absolute atomic E-state index is 11.0. The summed E-state index contributed by atoms with van der Waals surface area (Å²) in [6.45, 7) is 4.47. The lowest BCUT2D eigenvalue weighted by Gasteiger charge is -2.03. The summed E-state index contributed by atoms with van der Waals surface area (Å²) < 4.78 is 2.72. The van der Waals surface area contributed by atoms with Crippen LogP contribution in [-0.4, -0.2) is 12.2 Å². The maximum Gasteiger partial charge on any atom is 0.229 e. The van der Waals surface area contributed by atoms with Crippen LogP contribution in [0.15, 0.2) is 0 Å². The van der Waals surface area contributed by atoms with Gasteiger partial charge in [0, 0.05) is 12.7 Å². The minimum Gasteiger partial charge on any atom is -0.300 e. The van der Waals surface area contributed by atoms with Crippen LogP contribution in [0.4, 0.5) is 0 Å². The van der Waals surface area contributed by atoms with E-state index in [9.17, 15) is 4.79 Å². The van der Waals surface area contributed by atoms with Gasteiger partial charge in [-0.3, -0.25) is 4.79 Å². The first-order valence-corrected chi connectivity index (χ1v) is 6.21. The lowest BCUT2D eigenvalue weighted by Crippen LogP contribution is -2.14. The van der Waals surface area contributed by atoms with Crippen molar-refractivity contribution in [2.45, 2.75) is 46.0 Å². The number of nitrogens with one attached hydrogen (secondary N) is 1. The summed E-state index contributed by atoms with van der Waals surface area (Å²) in [6.07, 6.45) is 7.29. The maximum atomic E-state index is 11.0. The summed E-state index contributed by atoms with van der Waals surface area (Å²) in [7, 11) is 0. The Morgan fingerprint density at radius 3 is 2.54 bits per heavy atom. The molecule has 0 aromatic rings.